The van der Waals surface area contributed by atoms with Crippen molar-refractivity contribution in [2.24, 2.45) is 5.41 Å². The molecule has 0 spiro atoms. The number of nitro groups is 1. The molecule has 5 heteroatoms. The second-order valence-electron chi connectivity index (χ2n) is 4.42. The van der Waals surface area contributed by atoms with Crippen LogP contribution in [0.1, 0.15) is 52.4 Å². The highest BCUT2D eigenvalue weighted by Gasteiger charge is 2.34. The summed E-state index contributed by atoms with van der Waals surface area (Å²) in [4.78, 5) is 19.3. The van der Waals surface area contributed by atoms with Gasteiger partial charge in [0, 0.05) is 17.3 Å². The van der Waals surface area contributed by atoms with Crippen LogP contribution in [0.15, 0.2) is 0 Å². The van der Waals surface area contributed by atoms with Crippen LogP contribution in [-0.4, -0.2) is 22.5 Å². The van der Waals surface area contributed by atoms with E-state index in [2.05, 4.69) is 6.92 Å². The molecule has 0 bridgehead atoms. The number of aliphatic carboxylic acids is 1. The smallest absolute Gasteiger partial charge is 0.300 e. The van der Waals surface area contributed by atoms with Crippen molar-refractivity contribution < 1.29 is 14.8 Å². The van der Waals surface area contributed by atoms with Crippen LogP contribution in [0.25, 0.3) is 0 Å². The number of rotatable bonds is 3. The van der Waals surface area contributed by atoms with Gasteiger partial charge in [0.1, 0.15) is 0 Å². The van der Waals surface area contributed by atoms with E-state index in [1.807, 2.05) is 0 Å². The normalized spacial score (nSPS) is 18.1. The summed E-state index contributed by atoms with van der Waals surface area (Å²) in [5.41, 5.74) is 0.0434. The molecule has 0 saturated heterocycles. The zero-order valence-corrected chi connectivity index (χ0v) is 10.1. The van der Waals surface area contributed by atoms with Gasteiger partial charge < -0.3 is 5.11 Å². The lowest BCUT2D eigenvalue weighted by atomic mass is 9.72. The van der Waals surface area contributed by atoms with Crippen molar-refractivity contribution in [1.29, 1.82) is 0 Å². The molecule has 0 heterocycles. The van der Waals surface area contributed by atoms with Gasteiger partial charge in [0.15, 0.2) is 0 Å². The van der Waals surface area contributed by atoms with Crippen LogP contribution in [0.4, 0.5) is 0 Å². The van der Waals surface area contributed by atoms with Crippen LogP contribution in [0.5, 0.6) is 0 Å². The maximum atomic E-state index is 10.4. The van der Waals surface area contributed by atoms with Crippen LogP contribution < -0.4 is 0 Å². The molecule has 0 amide bonds. The molecule has 1 rings (SSSR count). The summed E-state index contributed by atoms with van der Waals surface area (Å²) in [6.45, 7) is 3.35. The molecule has 1 aliphatic carbocycles. The Labute approximate surface area is 96.0 Å². The lowest BCUT2D eigenvalue weighted by molar-refractivity contribution is -0.499. The molecular weight excluding hydrogens is 210 g/mol. The predicted octanol–water partition coefficient (Wildman–Crippen LogP) is 2.71. The van der Waals surface area contributed by atoms with Crippen LogP contribution in [0.3, 0.4) is 0 Å². The average molecular weight is 231 g/mol. The second kappa shape index (κ2) is 7.19. The first-order valence-electron chi connectivity index (χ1n) is 5.73. The fourth-order valence-electron chi connectivity index (χ4n) is 2.20. The van der Waals surface area contributed by atoms with Gasteiger partial charge in [-0.3, -0.25) is 14.9 Å². The Morgan fingerprint density at radius 2 is 1.81 bits per heavy atom. The Morgan fingerprint density at radius 1 is 1.38 bits per heavy atom. The first-order valence-corrected chi connectivity index (χ1v) is 5.73. The molecule has 1 N–H and O–H groups in total. The van der Waals surface area contributed by atoms with Crippen molar-refractivity contribution in [3.63, 3.8) is 0 Å². The Balaban J connectivity index is 0.000000487. The predicted molar refractivity (Wildman–Crippen MR) is 61.0 cm³/mol. The lowest BCUT2D eigenvalue weighted by Gasteiger charge is -2.32. The minimum atomic E-state index is -0.833. The van der Waals surface area contributed by atoms with E-state index < -0.39 is 5.97 Å². The fraction of sp³-hybridized carbons (Fsp3) is 0.909. The Bertz CT molecular complexity index is 230. The Hall–Kier alpha value is -1.13. The molecule has 1 aliphatic rings. The van der Waals surface area contributed by atoms with E-state index in [0.29, 0.717) is 0 Å². The molecule has 16 heavy (non-hydrogen) atoms. The van der Waals surface area contributed by atoms with E-state index in [9.17, 15) is 10.1 Å². The van der Waals surface area contributed by atoms with E-state index in [-0.39, 0.29) is 16.9 Å². The molecule has 0 radical (unpaired) electrons. The molecule has 5 nitrogen and oxygen atoms in total. The zero-order valence-electron chi connectivity index (χ0n) is 10.1. The van der Waals surface area contributed by atoms with Gasteiger partial charge >= 0.3 is 0 Å². The Kier molecular flexibility index (Phi) is 6.69. The van der Waals surface area contributed by atoms with Crippen molar-refractivity contribution in [2.75, 3.05) is 6.54 Å². The van der Waals surface area contributed by atoms with Crippen LogP contribution in [-0.2, 0) is 4.79 Å². The van der Waals surface area contributed by atoms with Crippen molar-refractivity contribution in [3.05, 3.63) is 10.1 Å². The summed E-state index contributed by atoms with van der Waals surface area (Å²) in [6.07, 6.45) is 6.71. The summed E-state index contributed by atoms with van der Waals surface area (Å²) < 4.78 is 0. The maximum Gasteiger partial charge on any atom is 0.300 e. The molecule has 0 unspecified atom stereocenters. The second-order valence-corrected chi connectivity index (χ2v) is 4.42. The van der Waals surface area contributed by atoms with E-state index in [1.54, 1.807) is 0 Å². The fourth-order valence-corrected chi connectivity index (χ4v) is 2.20. The quantitative estimate of drug-likeness (QED) is 0.598. The van der Waals surface area contributed by atoms with Gasteiger partial charge in [-0.25, -0.2) is 0 Å². The third-order valence-electron chi connectivity index (χ3n) is 3.13. The van der Waals surface area contributed by atoms with Crippen LogP contribution in [0, 0.1) is 15.5 Å². The van der Waals surface area contributed by atoms with Crippen molar-refractivity contribution in [2.45, 2.75) is 52.4 Å². The summed E-state index contributed by atoms with van der Waals surface area (Å²) in [5, 5.41) is 17.9. The number of hydrogen-bond acceptors (Lipinski definition) is 3. The Morgan fingerprint density at radius 3 is 2.12 bits per heavy atom. The van der Waals surface area contributed by atoms with E-state index in [1.165, 1.54) is 19.3 Å². The van der Waals surface area contributed by atoms with Gasteiger partial charge in [-0.15, -0.1) is 0 Å². The van der Waals surface area contributed by atoms with Crippen LogP contribution in [0.2, 0.25) is 0 Å². The van der Waals surface area contributed by atoms with Gasteiger partial charge in [-0.2, -0.15) is 0 Å². The lowest BCUT2D eigenvalue weighted by Crippen LogP contribution is -2.31. The molecule has 0 aromatic heterocycles. The summed E-state index contributed by atoms with van der Waals surface area (Å²) in [5.74, 6) is -0.833. The molecule has 0 aromatic rings. The van der Waals surface area contributed by atoms with Crippen LogP contribution >= 0.6 is 0 Å². The number of carboxylic acid groups (broad SMARTS) is 1. The third-order valence-corrected chi connectivity index (χ3v) is 3.13. The summed E-state index contributed by atoms with van der Waals surface area (Å²) in [7, 11) is 0. The number of nitrogens with zero attached hydrogens (tertiary/aromatic N) is 1. The molecule has 0 aromatic carbocycles. The number of carbonyl (C=O) groups is 1. The monoisotopic (exact) mass is 231 g/mol. The molecule has 0 aliphatic heterocycles. The van der Waals surface area contributed by atoms with Crippen molar-refractivity contribution >= 4 is 5.97 Å². The summed E-state index contributed by atoms with van der Waals surface area (Å²) >= 11 is 0. The van der Waals surface area contributed by atoms with Gasteiger partial charge in [-0.1, -0.05) is 26.2 Å². The van der Waals surface area contributed by atoms with E-state index >= 15 is 0 Å². The first-order chi connectivity index (χ1) is 7.42. The number of carboxylic acids is 1. The van der Waals surface area contributed by atoms with Gasteiger partial charge in [0.05, 0.1) is 0 Å². The standard InChI is InChI=1S/C9H17NO2.C2H4O2/c1-2-9(8-10(11)12)6-4-3-5-7-9;1-2(3)4/h2-8H2,1H3;1H3,(H,3,4). The highest BCUT2D eigenvalue weighted by atomic mass is 16.6. The van der Waals surface area contributed by atoms with E-state index in [4.69, 9.17) is 9.90 Å². The van der Waals surface area contributed by atoms with Gasteiger partial charge in [0.25, 0.3) is 5.97 Å². The molecular formula is C11H21NO4. The zero-order chi connectivity index (χ0) is 12.6. The minimum absolute atomic E-state index is 0.0434. The molecule has 94 valence electrons. The van der Waals surface area contributed by atoms with Crippen molar-refractivity contribution in [3.8, 4) is 0 Å². The highest BCUT2D eigenvalue weighted by molar-refractivity contribution is 5.62. The largest absolute Gasteiger partial charge is 0.481 e. The van der Waals surface area contributed by atoms with Gasteiger partial charge in [0.2, 0.25) is 6.54 Å². The SMILES string of the molecule is CC(=O)O.CCC1(C[N+](=O)[O-])CCCCC1. The van der Waals surface area contributed by atoms with Gasteiger partial charge in [-0.05, 0) is 19.3 Å². The van der Waals surface area contributed by atoms with E-state index in [0.717, 1.165) is 26.2 Å². The molecule has 1 saturated carbocycles. The average Bonchev–Trinajstić information content (AvgIpc) is 2.17. The molecule has 1 fully saturated rings. The first kappa shape index (κ1) is 14.9. The topological polar surface area (TPSA) is 80.4 Å². The van der Waals surface area contributed by atoms with Crippen molar-refractivity contribution in [1.82, 2.24) is 0 Å². The third kappa shape index (κ3) is 6.37. The minimum Gasteiger partial charge on any atom is -0.481 e. The summed E-state index contributed by atoms with van der Waals surface area (Å²) in [6, 6.07) is 0. The highest BCUT2D eigenvalue weighted by Crippen LogP contribution is 2.38. The number of hydrogen-bond donors (Lipinski definition) is 1. The molecule has 0 atom stereocenters. The maximum absolute atomic E-state index is 10.4.